The van der Waals surface area contributed by atoms with Crippen molar-refractivity contribution in [2.45, 2.75) is 31.7 Å². The van der Waals surface area contributed by atoms with E-state index in [0.29, 0.717) is 18.9 Å². The molecular weight excluding hydrogens is 280 g/mol. The van der Waals surface area contributed by atoms with Crippen molar-refractivity contribution in [2.24, 2.45) is 0 Å². The van der Waals surface area contributed by atoms with E-state index in [2.05, 4.69) is 10.0 Å². The van der Waals surface area contributed by atoms with Gasteiger partial charge in [0.2, 0.25) is 15.9 Å². The Kier molecular flexibility index (Phi) is 5.97. The lowest BCUT2D eigenvalue weighted by Gasteiger charge is -2.14. The number of amides is 1. The van der Waals surface area contributed by atoms with Crippen LogP contribution in [0.5, 0.6) is 5.75 Å². The summed E-state index contributed by atoms with van der Waals surface area (Å²) in [6, 6.07) is 5.21. The van der Waals surface area contributed by atoms with Crippen molar-refractivity contribution in [3.63, 3.8) is 0 Å². The Labute approximate surface area is 119 Å². The lowest BCUT2D eigenvalue weighted by atomic mass is 10.3. The van der Waals surface area contributed by atoms with Crippen LogP contribution < -0.4 is 14.8 Å². The number of likely N-dealkylation sites (N-methyl/N-ethyl adjacent to an activating group) is 1. The summed E-state index contributed by atoms with van der Waals surface area (Å²) in [5, 5.41) is 2.56. The zero-order chi connectivity index (χ0) is 15.2. The summed E-state index contributed by atoms with van der Waals surface area (Å²) in [4.78, 5) is 11.6. The number of rotatable bonds is 7. The number of carbonyl (C=O) groups excluding carboxylic acids is 1. The first-order valence-electron chi connectivity index (χ1n) is 6.43. The highest BCUT2D eigenvalue weighted by Crippen LogP contribution is 2.16. The van der Waals surface area contributed by atoms with Gasteiger partial charge in [0, 0.05) is 6.54 Å². The summed E-state index contributed by atoms with van der Waals surface area (Å²) in [7, 11) is -3.72. The predicted molar refractivity (Wildman–Crippen MR) is 76.1 cm³/mol. The molecule has 1 atom stereocenters. The lowest BCUT2D eigenvalue weighted by molar-refractivity contribution is -0.122. The highest BCUT2D eigenvalue weighted by atomic mass is 32.2. The van der Waals surface area contributed by atoms with E-state index in [1.54, 1.807) is 19.1 Å². The molecule has 112 valence electrons. The van der Waals surface area contributed by atoms with Gasteiger partial charge in [-0.25, -0.2) is 8.42 Å². The minimum Gasteiger partial charge on any atom is -0.494 e. The van der Waals surface area contributed by atoms with Crippen LogP contribution >= 0.6 is 0 Å². The number of benzene rings is 1. The molecule has 0 aliphatic rings. The Morgan fingerprint density at radius 2 is 1.85 bits per heavy atom. The molecule has 0 fully saturated rings. The molecule has 6 nitrogen and oxygen atoms in total. The third-order valence-electron chi connectivity index (χ3n) is 2.52. The molecule has 0 spiro atoms. The van der Waals surface area contributed by atoms with E-state index in [-0.39, 0.29) is 10.8 Å². The van der Waals surface area contributed by atoms with Crippen molar-refractivity contribution in [2.75, 3.05) is 13.2 Å². The van der Waals surface area contributed by atoms with Crippen LogP contribution in [0.1, 0.15) is 20.8 Å². The van der Waals surface area contributed by atoms with Gasteiger partial charge in [0.25, 0.3) is 0 Å². The van der Waals surface area contributed by atoms with Gasteiger partial charge in [0.15, 0.2) is 0 Å². The van der Waals surface area contributed by atoms with Gasteiger partial charge in [-0.2, -0.15) is 4.72 Å². The van der Waals surface area contributed by atoms with Crippen molar-refractivity contribution < 1.29 is 17.9 Å². The average molecular weight is 300 g/mol. The van der Waals surface area contributed by atoms with Crippen LogP contribution in [-0.4, -0.2) is 33.5 Å². The largest absolute Gasteiger partial charge is 0.494 e. The average Bonchev–Trinajstić information content (AvgIpc) is 2.39. The third kappa shape index (κ3) is 4.50. The molecule has 0 bridgehead atoms. The van der Waals surface area contributed by atoms with E-state index in [0.717, 1.165) is 0 Å². The molecule has 1 amide bonds. The molecule has 0 saturated carbocycles. The second-order valence-corrected chi connectivity index (χ2v) is 5.86. The topological polar surface area (TPSA) is 84.5 Å². The molecular formula is C13H20N2O4S. The number of carbonyl (C=O) groups is 1. The number of nitrogens with one attached hydrogen (secondary N) is 2. The van der Waals surface area contributed by atoms with Crippen molar-refractivity contribution >= 4 is 15.9 Å². The van der Waals surface area contributed by atoms with Gasteiger partial charge in [0.05, 0.1) is 17.5 Å². The lowest BCUT2D eigenvalue weighted by Crippen LogP contribution is -2.44. The summed E-state index contributed by atoms with van der Waals surface area (Å²) in [6.07, 6.45) is 0. The van der Waals surface area contributed by atoms with Crippen LogP contribution in [0.25, 0.3) is 0 Å². The molecule has 0 aliphatic carbocycles. The van der Waals surface area contributed by atoms with Gasteiger partial charge in [-0.1, -0.05) is 0 Å². The second-order valence-electron chi connectivity index (χ2n) is 4.14. The first kappa shape index (κ1) is 16.5. The fourth-order valence-corrected chi connectivity index (χ4v) is 2.77. The fraction of sp³-hybridized carbons (Fsp3) is 0.462. The third-order valence-corrected chi connectivity index (χ3v) is 4.08. The van der Waals surface area contributed by atoms with Crippen LogP contribution in [0.3, 0.4) is 0 Å². The van der Waals surface area contributed by atoms with Gasteiger partial charge in [-0.05, 0) is 45.0 Å². The minimum absolute atomic E-state index is 0.0945. The molecule has 2 N–H and O–H groups in total. The van der Waals surface area contributed by atoms with E-state index in [9.17, 15) is 13.2 Å². The maximum atomic E-state index is 12.1. The second kappa shape index (κ2) is 7.25. The van der Waals surface area contributed by atoms with Crippen molar-refractivity contribution in [3.8, 4) is 5.75 Å². The standard InChI is InChI=1S/C13H20N2O4S/c1-4-14-13(16)10(3)15-20(17,18)12-8-6-11(7-9-12)19-5-2/h6-10,15H,4-5H2,1-3H3,(H,14,16)/t10-/m0/s1. The molecule has 1 aromatic rings. The van der Waals surface area contributed by atoms with Crippen LogP contribution in [0.4, 0.5) is 0 Å². The Bertz CT molecular complexity index is 540. The van der Waals surface area contributed by atoms with E-state index in [1.807, 2.05) is 6.92 Å². The first-order valence-corrected chi connectivity index (χ1v) is 7.92. The molecule has 0 heterocycles. The zero-order valence-electron chi connectivity index (χ0n) is 11.8. The fourth-order valence-electron chi connectivity index (χ4n) is 1.56. The summed E-state index contributed by atoms with van der Waals surface area (Å²) in [5.41, 5.74) is 0. The highest BCUT2D eigenvalue weighted by Gasteiger charge is 2.21. The molecule has 1 rings (SSSR count). The number of hydrogen-bond donors (Lipinski definition) is 2. The van der Waals surface area contributed by atoms with Crippen molar-refractivity contribution in [3.05, 3.63) is 24.3 Å². The van der Waals surface area contributed by atoms with Gasteiger partial charge in [0.1, 0.15) is 5.75 Å². The van der Waals surface area contributed by atoms with Crippen molar-refractivity contribution in [1.29, 1.82) is 0 Å². The Balaban J connectivity index is 2.80. The number of hydrogen-bond acceptors (Lipinski definition) is 4. The molecule has 0 saturated heterocycles. The monoisotopic (exact) mass is 300 g/mol. The maximum absolute atomic E-state index is 12.1. The quantitative estimate of drug-likeness (QED) is 0.783. The molecule has 20 heavy (non-hydrogen) atoms. The van der Waals surface area contributed by atoms with Gasteiger partial charge in [-0.3, -0.25) is 4.79 Å². The van der Waals surface area contributed by atoms with E-state index < -0.39 is 16.1 Å². The first-order chi connectivity index (χ1) is 9.40. The van der Waals surface area contributed by atoms with Crippen molar-refractivity contribution in [1.82, 2.24) is 10.0 Å². The minimum atomic E-state index is -3.72. The van der Waals surface area contributed by atoms with Crippen LogP contribution in [0.2, 0.25) is 0 Å². The normalized spacial score (nSPS) is 12.8. The smallest absolute Gasteiger partial charge is 0.241 e. The molecule has 0 aromatic heterocycles. The van der Waals surface area contributed by atoms with E-state index >= 15 is 0 Å². The maximum Gasteiger partial charge on any atom is 0.241 e. The summed E-state index contributed by atoms with van der Waals surface area (Å²) >= 11 is 0. The van der Waals surface area contributed by atoms with E-state index in [1.165, 1.54) is 19.1 Å². The van der Waals surface area contributed by atoms with Gasteiger partial charge >= 0.3 is 0 Å². The Hall–Kier alpha value is -1.60. The number of ether oxygens (including phenoxy) is 1. The molecule has 0 radical (unpaired) electrons. The number of sulfonamides is 1. The Morgan fingerprint density at radius 3 is 2.35 bits per heavy atom. The predicted octanol–water partition coefficient (Wildman–Crippen LogP) is 0.888. The van der Waals surface area contributed by atoms with Crippen LogP contribution in [0.15, 0.2) is 29.2 Å². The summed E-state index contributed by atoms with van der Waals surface area (Å²) in [5.74, 6) is 0.241. The van der Waals surface area contributed by atoms with Gasteiger partial charge in [-0.15, -0.1) is 0 Å². The molecule has 0 unspecified atom stereocenters. The SMILES string of the molecule is CCNC(=O)[C@H](C)NS(=O)(=O)c1ccc(OCC)cc1. The summed E-state index contributed by atoms with van der Waals surface area (Å²) in [6.45, 7) is 6.08. The highest BCUT2D eigenvalue weighted by molar-refractivity contribution is 7.89. The zero-order valence-corrected chi connectivity index (χ0v) is 12.7. The Morgan fingerprint density at radius 1 is 1.25 bits per heavy atom. The molecule has 0 aliphatic heterocycles. The van der Waals surface area contributed by atoms with Gasteiger partial charge < -0.3 is 10.1 Å². The molecule has 1 aromatic carbocycles. The summed E-state index contributed by atoms with van der Waals surface area (Å²) < 4.78 is 31.8. The van der Waals surface area contributed by atoms with Crippen LogP contribution in [-0.2, 0) is 14.8 Å². The van der Waals surface area contributed by atoms with E-state index in [4.69, 9.17) is 4.74 Å². The molecule has 7 heteroatoms. The van der Waals surface area contributed by atoms with Crippen LogP contribution in [0, 0.1) is 0 Å².